The molecule has 0 saturated carbocycles. The zero-order chi connectivity index (χ0) is 15.0. The van der Waals surface area contributed by atoms with E-state index >= 15 is 0 Å². The number of ether oxygens (including phenoxy) is 4. The highest BCUT2D eigenvalue weighted by Crippen LogP contribution is 2.35. The molecule has 3 rings (SSSR count). The van der Waals surface area contributed by atoms with Crippen LogP contribution in [-0.2, 0) is 15.9 Å². The largest absolute Gasteiger partial charge is 0.493 e. The molecule has 0 aromatic heterocycles. The van der Waals surface area contributed by atoms with Crippen LogP contribution in [0.15, 0.2) is 24.2 Å². The fourth-order valence-corrected chi connectivity index (χ4v) is 2.51. The van der Waals surface area contributed by atoms with Crippen LogP contribution in [-0.4, -0.2) is 25.3 Å². The van der Waals surface area contributed by atoms with Gasteiger partial charge in [0.25, 0.3) is 0 Å². The third-order valence-corrected chi connectivity index (χ3v) is 3.53. The molecule has 0 saturated heterocycles. The SMILES string of the molecule is COc1cc2c(cc1OCC1=COC(C)(C)O1)CCC2=O. The zero-order valence-electron chi connectivity index (χ0n) is 12.4. The number of carbonyl (C=O) groups is 1. The number of benzene rings is 1. The second-order valence-electron chi connectivity index (χ2n) is 5.58. The minimum atomic E-state index is -0.646. The first kappa shape index (κ1) is 13.8. The Kier molecular flexibility index (Phi) is 3.27. The van der Waals surface area contributed by atoms with Gasteiger partial charge in [-0.15, -0.1) is 0 Å². The normalized spacial score (nSPS) is 18.6. The molecule has 1 aromatic carbocycles. The first-order valence-electron chi connectivity index (χ1n) is 6.91. The molecular formula is C16H18O5. The highest BCUT2D eigenvalue weighted by atomic mass is 16.7. The Morgan fingerprint density at radius 1 is 1.24 bits per heavy atom. The number of Topliss-reactive ketones (excluding diaryl/α,β-unsaturated/α-hetero) is 1. The fraction of sp³-hybridized carbons (Fsp3) is 0.438. The van der Waals surface area contributed by atoms with Gasteiger partial charge in [0, 0.05) is 25.8 Å². The van der Waals surface area contributed by atoms with Crippen molar-refractivity contribution in [3.05, 3.63) is 35.3 Å². The summed E-state index contributed by atoms with van der Waals surface area (Å²) < 4.78 is 22.0. The Morgan fingerprint density at radius 2 is 2.05 bits per heavy atom. The fourth-order valence-electron chi connectivity index (χ4n) is 2.51. The Bertz CT molecular complexity index is 615. The van der Waals surface area contributed by atoms with Crippen LogP contribution in [0.2, 0.25) is 0 Å². The van der Waals surface area contributed by atoms with Crippen molar-refractivity contribution >= 4 is 5.78 Å². The molecule has 0 radical (unpaired) electrons. The van der Waals surface area contributed by atoms with Crippen molar-refractivity contribution in [1.82, 2.24) is 0 Å². The summed E-state index contributed by atoms with van der Waals surface area (Å²) in [5.41, 5.74) is 1.74. The number of carbonyl (C=O) groups excluding carboxylic acids is 1. The molecule has 0 N–H and O–H groups in total. The van der Waals surface area contributed by atoms with E-state index in [4.69, 9.17) is 18.9 Å². The summed E-state index contributed by atoms with van der Waals surface area (Å²) in [5, 5.41) is 0. The van der Waals surface area contributed by atoms with E-state index in [0.29, 0.717) is 23.7 Å². The standard InChI is InChI=1S/C16H18O5/c1-16(2)20-9-11(21-16)8-19-15-6-10-4-5-13(17)12(10)7-14(15)18-3/h6-7,9H,4-5,8H2,1-3H3. The van der Waals surface area contributed by atoms with Gasteiger partial charge in [-0.3, -0.25) is 4.79 Å². The lowest BCUT2D eigenvalue weighted by molar-refractivity contribution is -0.119. The molecule has 2 aliphatic rings. The van der Waals surface area contributed by atoms with Gasteiger partial charge in [-0.05, 0) is 24.1 Å². The molecule has 0 amide bonds. The molecule has 112 valence electrons. The summed E-state index contributed by atoms with van der Waals surface area (Å²) in [6.45, 7) is 3.92. The van der Waals surface area contributed by atoms with Gasteiger partial charge in [0.15, 0.2) is 23.0 Å². The van der Waals surface area contributed by atoms with Crippen molar-refractivity contribution in [1.29, 1.82) is 0 Å². The molecule has 5 heteroatoms. The van der Waals surface area contributed by atoms with Gasteiger partial charge in [0.05, 0.1) is 7.11 Å². The molecule has 1 aliphatic carbocycles. The van der Waals surface area contributed by atoms with Gasteiger partial charge >= 0.3 is 0 Å². The molecule has 1 heterocycles. The van der Waals surface area contributed by atoms with Gasteiger partial charge in [-0.25, -0.2) is 0 Å². The summed E-state index contributed by atoms with van der Waals surface area (Å²) in [5.74, 6) is 1.31. The smallest absolute Gasteiger partial charge is 0.244 e. The van der Waals surface area contributed by atoms with Crippen LogP contribution in [0.3, 0.4) is 0 Å². The summed E-state index contributed by atoms with van der Waals surface area (Å²) in [4.78, 5) is 11.7. The van der Waals surface area contributed by atoms with Crippen LogP contribution in [0, 0.1) is 0 Å². The third-order valence-electron chi connectivity index (χ3n) is 3.53. The molecule has 5 nitrogen and oxygen atoms in total. The molecular weight excluding hydrogens is 272 g/mol. The predicted molar refractivity (Wildman–Crippen MR) is 75.5 cm³/mol. The van der Waals surface area contributed by atoms with Crippen molar-refractivity contribution in [2.24, 2.45) is 0 Å². The Balaban J connectivity index is 1.75. The van der Waals surface area contributed by atoms with Gasteiger partial charge in [-0.1, -0.05) is 0 Å². The summed E-state index contributed by atoms with van der Waals surface area (Å²) in [6, 6.07) is 3.63. The number of ketones is 1. The van der Waals surface area contributed by atoms with Crippen molar-refractivity contribution in [3.63, 3.8) is 0 Å². The third kappa shape index (κ3) is 2.68. The monoisotopic (exact) mass is 290 g/mol. The number of rotatable bonds is 4. The maximum Gasteiger partial charge on any atom is 0.244 e. The summed E-state index contributed by atoms with van der Waals surface area (Å²) in [6.07, 6.45) is 2.87. The average molecular weight is 290 g/mol. The van der Waals surface area contributed by atoms with Crippen LogP contribution in [0.5, 0.6) is 11.5 Å². The highest BCUT2D eigenvalue weighted by molar-refractivity contribution is 6.01. The van der Waals surface area contributed by atoms with Crippen molar-refractivity contribution in [2.45, 2.75) is 32.5 Å². The molecule has 21 heavy (non-hydrogen) atoms. The van der Waals surface area contributed by atoms with E-state index in [1.165, 1.54) is 0 Å². The maximum atomic E-state index is 11.7. The molecule has 0 atom stereocenters. The first-order valence-corrected chi connectivity index (χ1v) is 6.91. The van der Waals surface area contributed by atoms with Gasteiger partial charge in [-0.2, -0.15) is 0 Å². The molecule has 1 aromatic rings. The molecule has 0 spiro atoms. The maximum absolute atomic E-state index is 11.7. The zero-order valence-corrected chi connectivity index (χ0v) is 12.4. The second-order valence-corrected chi connectivity index (χ2v) is 5.58. The Hall–Kier alpha value is -2.17. The number of fused-ring (bicyclic) bond motifs is 1. The van der Waals surface area contributed by atoms with E-state index < -0.39 is 5.79 Å². The van der Waals surface area contributed by atoms with Crippen LogP contribution in [0.4, 0.5) is 0 Å². The van der Waals surface area contributed by atoms with E-state index in [9.17, 15) is 4.79 Å². The number of hydrogen-bond acceptors (Lipinski definition) is 5. The molecule has 1 aliphatic heterocycles. The topological polar surface area (TPSA) is 54.0 Å². The number of aryl methyl sites for hydroxylation is 1. The predicted octanol–water partition coefficient (Wildman–Crippen LogP) is 2.83. The summed E-state index contributed by atoms with van der Waals surface area (Å²) in [7, 11) is 1.56. The first-order chi connectivity index (χ1) is 9.98. The van der Waals surface area contributed by atoms with E-state index in [1.54, 1.807) is 19.4 Å². The van der Waals surface area contributed by atoms with Crippen LogP contribution in [0.25, 0.3) is 0 Å². The lowest BCUT2D eigenvalue weighted by atomic mass is 10.1. The van der Waals surface area contributed by atoms with Gasteiger partial charge in [0.2, 0.25) is 5.79 Å². The Labute approximate surface area is 123 Å². The quantitative estimate of drug-likeness (QED) is 0.853. The van der Waals surface area contributed by atoms with Crippen LogP contribution >= 0.6 is 0 Å². The summed E-state index contributed by atoms with van der Waals surface area (Å²) >= 11 is 0. The van der Waals surface area contributed by atoms with E-state index in [0.717, 1.165) is 17.5 Å². The van der Waals surface area contributed by atoms with Crippen molar-refractivity contribution in [2.75, 3.05) is 13.7 Å². The van der Waals surface area contributed by atoms with Crippen LogP contribution in [0.1, 0.15) is 36.2 Å². The minimum Gasteiger partial charge on any atom is -0.493 e. The molecule has 0 bridgehead atoms. The van der Waals surface area contributed by atoms with E-state index in [-0.39, 0.29) is 12.4 Å². The Morgan fingerprint density at radius 3 is 2.71 bits per heavy atom. The average Bonchev–Trinajstić information content (AvgIpc) is 2.98. The minimum absolute atomic E-state index is 0.159. The van der Waals surface area contributed by atoms with Crippen LogP contribution < -0.4 is 9.47 Å². The van der Waals surface area contributed by atoms with Crippen molar-refractivity contribution < 1.29 is 23.7 Å². The number of hydrogen-bond donors (Lipinski definition) is 0. The van der Waals surface area contributed by atoms with E-state index in [2.05, 4.69) is 0 Å². The molecule has 0 unspecified atom stereocenters. The molecule has 0 fully saturated rings. The van der Waals surface area contributed by atoms with Gasteiger partial charge in [0.1, 0.15) is 12.9 Å². The van der Waals surface area contributed by atoms with E-state index in [1.807, 2.05) is 19.9 Å². The second kappa shape index (κ2) is 4.98. The highest BCUT2D eigenvalue weighted by Gasteiger charge is 2.28. The lowest BCUT2D eigenvalue weighted by Gasteiger charge is -2.18. The van der Waals surface area contributed by atoms with Gasteiger partial charge < -0.3 is 18.9 Å². The van der Waals surface area contributed by atoms with Crippen molar-refractivity contribution in [3.8, 4) is 11.5 Å². The number of methoxy groups -OCH3 is 1. The lowest BCUT2D eigenvalue weighted by Crippen LogP contribution is -2.21.